The highest BCUT2D eigenvalue weighted by atomic mass is 127. The molecule has 0 amide bonds. The Labute approximate surface area is 155 Å². The molecule has 23 heavy (non-hydrogen) atoms. The maximum absolute atomic E-state index is 12.9. The van der Waals surface area contributed by atoms with Crippen LogP contribution in [0.3, 0.4) is 0 Å². The fourth-order valence-corrected chi connectivity index (χ4v) is 2.68. The number of aliphatic imine (C=N–C) groups is 1. The topological polar surface area (TPSA) is 56.7 Å². The molecule has 1 aromatic carbocycles. The molecule has 0 bridgehead atoms. The van der Waals surface area contributed by atoms with Crippen LogP contribution < -0.4 is 10.6 Å². The van der Waals surface area contributed by atoms with Crippen molar-refractivity contribution in [3.05, 3.63) is 35.6 Å². The van der Waals surface area contributed by atoms with E-state index in [-0.39, 0.29) is 35.9 Å². The molecule has 6 heteroatoms. The van der Waals surface area contributed by atoms with E-state index in [0.29, 0.717) is 12.6 Å². The van der Waals surface area contributed by atoms with Crippen molar-refractivity contribution >= 4 is 29.9 Å². The summed E-state index contributed by atoms with van der Waals surface area (Å²) in [4.78, 5) is 4.58. The molecule has 0 unspecified atom stereocenters. The van der Waals surface area contributed by atoms with Crippen molar-refractivity contribution in [1.82, 2.24) is 10.6 Å². The Morgan fingerprint density at radius 3 is 2.48 bits per heavy atom. The van der Waals surface area contributed by atoms with Gasteiger partial charge in [-0.15, -0.1) is 24.0 Å². The number of benzene rings is 1. The largest absolute Gasteiger partial charge is 0.393 e. The molecule has 1 aliphatic carbocycles. The van der Waals surface area contributed by atoms with Crippen LogP contribution in [-0.2, 0) is 6.42 Å². The van der Waals surface area contributed by atoms with Crippen molar-refractivity contribution < 1.29 is 9.50 Å². The van der Waals surface area contributed by atoms with Crippen LogP contribution in [0.1, 0.15) is 38.2 Å². The molecule has 0 aromatic heterocycles. The second-order valence-electron chi connectivity index (χ2n) is 5.79. The molecule has 1 aliphatic rings. The molecule has 0 heterocycles. The van der Waals surface area contributed by atoms with E-state index in [1.54, 1.807) is 12.1 Å². The molecule has 1 aromatic rings. The Bertz CT molecular complexity index is 473. The Morgan fingerprint density at radius 2 is 1.87 bits per heavy atom. The lowest BCUT2D eigenvalue weighted by atomic mass is 9.93. The van der Waals surface area contributed by atoms with Crippen molar-refractivity contribution in [3.63, 3.8) is 0 Å². The standard InChI is InChI=1S/C17H26FN3O.HI/c1-2-19-17(21-15-7-9-16(22)10-8-15)20-12-11-13-3-5-14(18)6-4-13;/h3-6,15-16,22H,2,7-12H2,1H3,(H2,19,20,21);1H. The summed E-state index contributed by atoms with van der Waals surface area (Å²) in [5.41, 5.74) is 1.08. The first kappa shape index (κ1) is 20.2. The zero-order valence-corrected chi connectivity index (χ0v) is 15.9. The molecule has 130 valence electrons. The van der Waals surface area contributed by atoms with Gasteiger partial charge in [0.15, 0.2) is 5.96 Å². The molecule has 0 saturated heterocycles. The predicted octanol–water partition coefficient (Wildman–Crippen LogP) is 2.84. The summed E-state index contributed by atoms with van der Waals surface area (Å²) >= 11 is 0. The molecule has 4 nitrogen and oxygen atoms in total. The number of nitrogens with zero attached hydrogens (tertiary/aromatic N) is 1. The number of guanidine groups is 1. The van der Waals surface area contributed by atoms with Crippen LogP contribution in [0.15, 0.2) is 29.3 Å². The van der Waals surface area contributed by atoms with E-state index in [4.69, 9.17) is 0 Å². The van der Waals surface area contributed by atoms with Crippen LogP contribution >= 0.6 is 24.0 Å². The van der Waals surface area contributed by atoms with Gasteiger partial charge in [-0.1, -0.05) is 12.1 Å². The normalized spacial score (nSPS) is 21.4. The van der Waals surface area contributed by atoms with E-state index in [1.807, 2.05) is 6.92 Å². The average molecular weight is 435 g/mol. The van der Waals surface area contributed by atoms with Crippen LogP contribution in [0.4, 0.5) is 4.39 Å². The zero-order chi connectivity index (χ0) is 15.8. The van der Waals surface area contributed by atoms with Gasteiger partial charge in [-0.05, 0) is 56.7 Å². The minimum Gasteiger partial charge on any atom is -0.393 e. The summed E-state index contributed by atoms with van der Waals surface area (Å²) in [5.74, 6) is 0.618. The summed E-state index contributed by atoms with van der Waals surface area (Å²) in [7, 11) is 0. The third-order valence-electron chi connectivity index (χ3n) is 3.97. The monoisotopic (exact) mass is 435 g/mol. The first-order chi connectivity index (χ1) is 10.7. The molecule has 3 N–H and O–H groups in total. The fraction of sp³-hybridized carbons (Fsp3) is 0.588. The molecule has 0 radical (unpaired) electrons. The van der Waals surface area contributed by atoms with E-state index >= 15 is 0 Å². The number of halogens is 2. The van der Waals surface area contributed by atoms with Crippen LogP contribution in [0.5, 0.6) is 0 Å². The van der Waals surface area contributed by atoms with E-state index in [0.717, 1.165) is 50.2 Å². The Hall–Kier alpha value is -0.890. The van der Waals surface area contributed by atoms with Gasteiger partial charge in [0.1, 0.15) is 5.82 Å². The number of aliphatic hydroxyl groups is 1. The minimum absolute atomic E-state index is 0. The SMILES string of the molecule is CCNC(=NCCc1ccc(F)cc1)NC1CCC(O)CC1.I. The maximum atomic E-state index is 12.9. The third kappa shape index (κ3) is 7.48. The van der Waals surface area contributed by atoms with Crippen molar-refractivity contribution in [3.8, 4) is 0 Å². The van der Waals surface area contributed by atoms with Crippen LogP contribution in [-0.4, -0.2) is 36.3 Å². The lowest BCUT2D eigenvalue weighted by Crippen LogP contribution is -2.45. The fourth-order valence-electron chi connectivity index (χ4n) is 2.68. The summed E-state index contributed by atoms with van der Waals surface area (Å²) in [6.07, 6.45) is 4.31. The lowest BCUT2D eigenvalue weighted by Gasteiger charge is -2.27. The van der Waals surface area contributed by atoms with Crippen molar-refractivity contribution in [1.29, 1.82) is 0 Å². The smallest absolute Gasteiger partial charge is 0.191 e. The van der Waals surface area contributed by atoms with E-state index in [9.17, 15) is 9.50 Å². The van der Waals surface area contributed by atoms with Crippen molar-refractivity contribution in [2.75, 3.05) is 13.1 Å². The molecule has 0 aliphatic heterocycles. The second-order valence-corrected chi connectivity index (χ2v) is 5.79. The van der Waals surface area contributed by atoms with Gasteiger partial charge in [0.25, 0.3) is 0 Å². The van der Waals surface area contributed by atoms with Gasteiger partial charge in [-0.3, -0.25) is 4.99 Å². The number of aliphatic hydroxyl groups excluding tert-OH is 1. The first-order valence-corrected chi connectivity index (χ1v) is 8.14. The first-order valence-electron chi connectivity index (χ1n) is 8.14. The molecular formula is C17H27FIN3O. The van der Waals surface area contributed by atoms with Crippen LogP contribution in [0, 0.1) is 5.82 Å². The van der Waals surface area contributed by atoms with Crippen LogP contribution in [0.25, 0.3) is 0 Å². The average Bonchev–Trinajstić information content (AvgIpc) is 2.52. The van der Waals surface area contributed by atoms with Gasteiger partial charge in [0.05, 0.1) is 6.10 Å². The van der Waals surface area contributed by atoms with Crippen LogP contribution in [0.2, 0.25) is 0 Å². The summed E-state index contributed by atoms with van der Waals surface area (Å²) in [6, 6.07) is 6.94. The summed E-state index contributed by atoms with van der Waals surface area (Å²) in [6.45, 7) is 3.52. The van der Waals surface area contributed by atoms with Gasteiger partial charge >= 0.3 is 0 Å². The Morgan fingerprint density at radius 1 is 1.22 bits per heavy atom. The Kier molecular flexibility index (Phi) is 9.47. The van der Waals surface area contributed by atoms with E-state index < -0.39 is 0 Å². The van der Waals surface area contributed by atoms with E-state index in [1.165, 1.54) is 12.1 Å². The van der Waals surface area contributed by atoms with Crippen molar-refractivity contribution in [2.24, 2.45) is 4.99 Å². The lowest BCUT2D eigenvalue weighted by molar-refractivity contribution is 0.120. The highest BCUT2D eigenvalue weighted by Crippen LogP contribution is 2.18. The van der Waals surface area contributed by atoms with Gasteiger partial charge in [0, 0.05) is 19.1 Å². The number of nitrogens with one attached hydrogen (secondary N) is 2. The van der Waals surface area contributed by atoms with E-state index in [2.05, 4.69) is 15.6 Å². The Balaban J connectivity index is 0.00000264. The summed E-state index contributed by atoms with van der Waals surface area (Å²) < 4.78 is 12.9. The molecule has 0 spiro atoms. The molecule has 0 atom stereocenters. The van der Waals surface area contributed by atoms with Gasteiger partial charge in [-0.2, -0.15) is 0 Å². The van der Waals surface area contributed by atoms with Crippen molar-refractivity contribution in [2.45, 2.75) is 51.2 Å². The van der Waals surface area contributed by atoms with Gasteiger partial charge < -0.3 is 15.7 Å². The minimum atomic E-state index is -0.207. The third-order valence-corrected chi connectivity index (χ3v) is 3.97. The zero-order valence-electron chi connectivity index (χ0n) is 13.6. The van der Waals surface area contributed by atoms with Gasteiger partial charge in [0.2, 0.25) is 0 Å². The second kappa shape index (κ2) is 10.8. The molecule has 1 saturated carbocycles. The maximum Gasteiger partial charge on any atom is 0.191 e. The highest BCUT2D eigenvalue weighted by molar-refractivity contribution is 14.0. The number of rotatable bonds is 5. The molecule has 2 rings (SSSR count). The van der Waals surface area contributed by atoms with Gasteiger partial charge in [-0.25, -0.2) is 4.39 Å². The predicted molar refractivity (Wildman–Crippen MR) is 103 cm³/mol. The number of hydrogen-bond donors (Lipinski definition) is 3. The molecular weight excluding hydrogens is 408 g/mol. The summed E-state index contributed by atoms with van der Waals surface area (Å²) in [5, 5.41) is 16.2. The highest BCUT2D eigenvalue weighted by Gasteiger charge is 2.19. The molecule has 1 fully saturated rings. The number of hydrogen-bond acceptors (Lipinski definition) is 2. The quantitative estimate of drug-likeness (QED) is 0.379.